The number of amides is 4. The van der Waals surface area contributed by atoms with Gasteiger partial charge in [0.2, 0.25) is 5.75 Å². The van der Waals surface area contributed by atoms with Crippen LogP contribution in [-0.4, -0.2) is 37.2 Å². The Labute approximate surface area is 174 Å². The van der Waals surface area contributed by atoms with Crippen LogP contribution >= 0.6 is 15.9 Å². The van der Waals surface area contributed by atoms with Gasteiger partial charge in [0.1, 0.15) is 5.57 Å². The zero-order valence-corrected chi connectivity index (χ0v) is 17.4. The Morgan fingerprint density at radius 3 is 2.24 bits per heavy atom. The SMILES string of the molecule is COc1cc(/C=C2/C(=O)NC(=O)N(c3ccc(Br)c(C)c3)C2=O)cc(OC)c1O. The van der Waals surface area contributed by atoms with Gasteiger partial charge in [-0.15, -0.1) is 0 Å². The number of methoxy groups -OCH3 is 2. The van der Waals surface area contributed by atoms with Crippen LogP contribution < -0.4 is 19.7 Å². The monoisotopic (exact) mass is 460 g/mol. The summed E-state index contributed by atoms with van der Waals surface area (Å²) in [4.78, 5) is 38.5. The largest absolute Gasteiger partial charge is 0.502 e. The smallest absolute Gasteiger partial charge is 0.335 e. The van der Waals surface area contributed by atoms with Gasteiger partial charge < -0.3 is 14.6 Å². The number of benzene rings is 2. The third-order valence-electron chi connectivity index (χ3n) is 4.31. The van der Waals surface area contributed by atoms with Crippen molar-refractivity contribution in [1.29, 1.82) is 0 Å². The van der Waals surface area contributed by atoms with Crippen LogP contribution in [-0.2, 0) is 9.59 Å². The van der Waals surface area contributed by atoms with Gasteiger partial charge in [0.25, 0.3) is 11.8 Å². The number of halogens is 1. The molecule has 1 aliphatic heterocycles. The van der Waals surface area contributed by atoms with Gasteiger partial charge in [-0.3, -0.25) is 14.9 Å². The summed E-state index contributed by atoms with van der Waals surface area (Å²) in [6.07, 6.45) is 1.30. The van der Waals surface area contributed by atoms with E-state index in [9.17, 15) is 19.5 Å². The summed E-state index contributed by atoms with van der Waals surface area (Å²) in [7, 11) is 2.72. The second-order valence-electron chi connectivity index (χ2n) is 6.17. The first-order valence-corrected chi connectivity index (χ1v) is 9.18. The number of aryl methyl sites for hydroxylation is 1. The quantitative estimate of drug-likeness (QED) is 0.536. The Morgan fingerprint density at radius 1 is 1.07 bits per heavy atom. The van der Waals surface area contributed by atoms with E-state index in [0.29, 0.717) is 11.3 Å². The zero-order valence-electron chi connectivity index (χ0n) is 15.8. The molecule has 8 nitrogen and oxygen atoms in total. The first-order chi connectivity index (χ1) is 13.8. The number of carbonyl (C=O) groups excluding carboxylic acids is 3. The van der Waals surface area contributed by atoms with E-state index in [4.69, 9.17) is 9.47 Å². The normalized spacial score (nSPS) is 15.5. The minimum atomic E-state index is -0.834. The Hall–Kier alpha value is -3.33. The molecule has 9 heteroatoms. The van der Waals surface area contributed by atoms with E-state index in [1.807, 2.05) is 6.92 Å². The number of phenols is 1. The number of anilines is 1. The van der Waals surface area contributed by atoms with Gasteiger partial charge in [0, 0.05) is 4.47 Å². The highest BCUT2D eigenvalue weighted by molar-refractivity contribution is 9.10. The fraction of sp³-hybridized carbons (Fsp3) is 0.150. The zero-order chi connectivity index (χ0) is 21.3. The van der Waals surface area contributed by atoms with Crippen molar-refractivity contribution >= 4 is 45.5 Å². The molecule has 0 bridgehead atoms. The molecule has 1 saturated heterocycles. The summed E-state index contributed by atoms with van der Waals surface area (Å²) in [6.45, 7) is 1.82. The van der Waals surface area contributed by atoms with Crippen molar-refractivity contribution in [1.82, 2.24) is 5.32 Å². The number of hydrogen-bond donors (Lipinski definition) is 2. The van der Waals surface area contributed by atoms with E-state index in [2.05, 4.69) is 21.2 Å². The molecule has 0 spiro atoms. The van der Waals surface area contributed by atoms with Crippen molar-refractivity contribution in [2.24, 2.45) is 0 Å². The van der Waals surface area contributed by atoms with Crippen LogP contribution in [0.5, 0.6) is 17.2 Å². The minimum absolute atomic E-state index is 0.108. The molecule has 0 saturated carbocycles. The second kappa shape index (κ2) is 7.96. The average Bonchev–Trinajstić information content (AvgIpc) is 2.68. The maximum Gasteiger partial charge on any atom is 0.335 e. The molecular weight excluding hydrogens is 444 g/mol. The van der Waals surface area contributed by atoms with Gasteiger partial charge in [-0.1, -0.05) is 15.9 Å². The molecule has 2 aromatic rings. The van der Waals surface area contributed by atoms with Gasteiger partial charge in [-0.2, -0.15) is 0 Å². The predicted octanol–water partition coefficient (Wildman–Crippen LogP) is 3.15. The van der Waals surface area contributed by atoms with Crippen LogP contribution in [0.15, 0.2) is 40.4 Å². The van der Waals surface area contributed by atoms with Gasteiger partial charge in [-0.25, -0.2) is 9.69 Å². The topological polar surface area (TPSA) is 105 Å². The standard InChI is InChI=1S/C20H17BrN2O6/c1-10-6-12(4-5-14(10)21)23-19(26)13(18(25)22-20(23)27)7-11-8-15(28-2)17(24)16(9-11)29-3/h4-9,24H,1-3H3,(H,22,25,27)/b13-7-. The lowest BCUT2D eigenvalue weighted by molar-refractivity contribution is -0.122. The fourth-order valence-electron chi connectivity index (χ4n) is 2.82. The molecule has 1 heterocycles. The molecule has 0 aliphatic carbocycles. The number of rotatable bonds is 4. The van der Waals surface area contributed by atoms with E-state index in [1.54, 1.807) is 18.2 Å². The van der Waals surface area contributed by atoms with Gasteiger partial charge >= 0.3 is 6.03 Å². The molecule has 4 amide bonds. The Balaban J connectivity index is 2.07. The highest BCUT2D eigenvalue weighted by atomic mass is 79.9. The number of barbiturate groups is 1. The summed E-state index contributed by atoms with van der Waals surface area (Å²) in [5.74, 6) is -1.59. The Kier molecular flexibility index (Phi) is 5.60. The van der Waals surface area contributed by atoms with Crippen LogP contribution in [0.4, 0.5) is 10.5 Å². The van der Waals surface area contributed by atoms with Gasteiger partial charge in [0.15, 0.2) is 11.5 Å². The van der Waals surface area contributed by atoms with Gasteiger partial charge in [0.05, 0.1) is 19.9 Å². The number of hydrogen-bond acceptors (Lipinski definition) is 6. The summed E-state index contributed by atoms with van der Waals surface area (Å²) in [5, 5.41) is 12.2. The number of imide groups is 2. The van der Waals surface area contributed by atoms with Crippen LogP contribution in [0.1, 0.15) is 11.1 Å². The highest BCUT2D eigenvalue weighted by Gasteiger charge is 2.37. The molecule has 0 unspecified atom stereocenters. The summed E-state index contributed by atoms with van der Waals surface area (Å²) < 4.78 is 11.0. The number of nitrogens with one attached hydrogen (secondary N) is 1. The van der Waals surface area contributed by atoms with Crippen LogP contribution in [0.2, 0.25) is 0 Å². The molecule has 0 aromatic heterocycles. The summed E-state index contributed by atoms with van der Waals surface area (Å²) in [6, 6.07) is 7.00. The van der Waals surface area contributed by atoms with E-state index in [0.717, 1.165) is 14.9 Å². The van der Waals surface area contributed by atoms with E-state index < -0.39 is 17.8 Å². The molecule has 1 aliphatic rings. The van der Waals surface area contributed by atoms with Crippen molar-refractivity contribution in [2.75, 3.05) is 19.1 Å². The maximum absolute atomic E-state index is 13.0. The number of carbonyl (C=O) groups is 3. The lowest BCUT2D eigenvalue weighted by Crippen LogP contribution is -2.54. The number of ether oxygens (including phenoxy) is 2. The average molecular weight is 461 g/mol. The maximum atomic E-state index is 13.0. The highest BCUT2D eigenvalue weighted by Crippen LogP contribution is 2.38. The van der Waals surface area contributed by atoms with Crippen LogP contribution in [0.25, 0.3) is 6.08 Å². The van der Waals surface area contributed by atoms with Gasteiger partial charge in [-0.05, 0) is 54.5 Å². The number of urea groups is 1. The third-order valence-corrected chi connectivity index (χ3v) is 5.20. The van der Waals surface area contributed by atoms with E-state index in [1.165, 1.54) is 32.4 Å². The van der Waals surface area contributed by atoms with Crippen molar-refractivity contribution in [2.45, 2.75) is 6.92 Å². The van der Waals surface area contributed by atoms with Crippen molar-refractivity contribution in [3.63, 3.8) is 0 Å². The molecule has 3 rings (SSSR count). The van der Waals surface area contributed by atoms with Crippen molar-refractivity contribution < 1.29 is 29.0 Å². The van der Waals surface area contributed by atoms with E-state index in [-0.39, 0.29) is 22.8 Å². The lowest BCUT2D eigenvalue weighted by Gasteiger charge is -2.26. The molecule has 0 atom stereocenters. The van der Waals surface area contributed by atoms with E-state index >= 15 is 0 Å². The number of nitrogens with zero attached hydrogens (tertiary/aromatic N) is 1. The molecule has 2 aromatic carbocycles. The first kappa shape index (κ1) is 20.4. The minimum Gasteiger partial charge on any atom is -0.502 e. The third kappa shape index (κ3) is 3.81. The molecule has 2 N–H and O–H groups in total. The molecule has 150 valence electrons. The fourth-order valence-corrected chi connectivity index (χ4v) is 3.07. The molecule has 0 radical (unpaired) electrons. The van der Waals surface area contributed by atoms with Crippen LogP contribution in [0, 0.1) is 6.92 Å². The van der Waals surface area contributed by atoms with Crippen LogP contribution in [0.3, 0.4) is 0 Å². The molecule has 1 fully saturated rings. The first-order valence-electron chi connectivity index (χ1n) is 8.39. The lowest BCUT2D eigenvalue weighted by atomic mass is 10.1. The number of aromatic hydroxyl groups is 1. The molecular formula is C20H17BrN2O6. The Morgan fingerprint density at radius 2 is 1.69 bits per heavy atom. The molecule has 29 heavy (non-hydrogen) atoms. The number of phenolic OH excluding ortho intramolecular Hbond substituents is 1. The van der Waals surface area contributed by atoms with Crippen molar-refractivity contribution in [3.8, 4) is 17.2 Å². The summed E-state index contributed by atoms with van der Waals surface area (Å²) in [5.41, 5.74) is 1.27. The predicted molar refractivity (Wildman–Crippen MR) is 109 cm³/mol. The van der Waals surface area contributed by atoms with Crippen molar-refractivity contribution in [3.05, 3.63) is 51.5 Å². The second-order valence-corrected chi connectivity index (χ2v) is 7.02. The summed E-state index contributed by atoms with van der Waals surface area (Å²) >= 11 is 3.37. The Bertz CT molecular complexity index is 1040.